The van der Waals surface area contributed by atoms with E-state index in [9.17, 15) is 0 Å². The summed E-state index contributed by atoms with van der Waals surface area (Å²) in [5.74, 6) is 0. The molecule has 4 heteroatoms. The number of hydrogen-bond donors (Lipinski definition) is 2. The molecule has 1 aromatic heterocycles. The fourth-order valence-corrected chi connectivity index (χ4v) is 3.55. The Morgan fingerprint density at radius 2 is 1.81 bits per heavy atom. The van der Waals surface area contributed by atoms with Crippen molar-refractivity contribution in [3.8, 4) is 11.3 Å². The monoisotopic (exact) mass is 312 g/mol. The summed E-state index contributed by atoms with van der Waals surface area (Å²) in [6, 6.07) is 14.2. The molecule has 0 fully saturated rings. The molecule has 0 saturated heterocycles. The summed E-state index contributed by atoms with van der Waals surface area (Å²) in [5.41, 5.74) is 5.66. The Balaban J connectivity index is 2.08. The predicted octanol–water partition coefficient (Wildman–Crippen LogP) is 4.31. The Hall–Kier alpha value is -1.84. The number of nitrogens with one attached hydrogen (secondary N) is 2. The zero-order valence-electron chi connectivity index (χ0n) is 11.2. The molecule has 0 unspecified atom stereocenters. The van der Waals surface area contributed by atoms with Gasteiger partial charge in [0.15, 0.2) is 0 Å². The van der Waals surface area contributed by atoms with Crippen LogP contribution < -0.4 is 5.32 Å². The summed E-state index contributed by atoms with van der Waals surface area (Å²) in [4.78, 5) is 4.35. The number of thiocarbonyl (C=S) groups is 1. The lowest BCUT2D eigenvalue weighted by Gasteiger charge is -2.06. The third-order valence-corrected chi connectivity index (χ3v) is 4.67. The average molecular weight is 313 g/mol. The minimum absolute atomic E-state index is 0.765. The van der Waals surface area contributed by atoms with Crippen LogP contribution in [0.3, 0.4) is 0 Å². The van der Waals surface area contributed by atoms with Crippen molar-refractivity contribution >= 4 is 39.7 Å². The third kappa shape index (κ3) is 1.96. The van der Waals surface area contributed by atoms with Gasteiger partial charge in [0.25, 0.3) is 0 Å². The molecule has 2 nitrogen and oxygen atoms in total. The van der Waals surface area contributed by atoms with Gasteiger partial charge in [-0.25, -0.2) is 0 Å². The largest absolute Gasteiger partial charge is 0.375 e. The van der Waals surface area contributed by atoms with Crippen molar-refractivity contribution in [2.75, 3.05) is 6.54 Å². The molecule has 2 aromatic carbocycles. The number of hydrogen-bond acceptors (Lipinski definition) is 1. The van der Waals surface area contributed by atoms with Crippen LogP contribution in [0.4, 0.5) is 0 Å². The molecule has 104 valence electrons. The highest BCUT2D eigenvalue weighted by atomic mass is 35.5. The van der Waals surface area contributed by atoms with Crippen LogP contribution >= 0.6 is 23.8 Å². The van der Waals surface area contributed by atoms with Gasteiger partial charge in [-0.3, -0.25) is 0 Å². The molecule has 0 spiro atoms. The Labute approximate surface area is 133 Å². The van der Waals surface area contributed by atoms with Crippen LogP contribution in [0.1, 0.15) is 11.1 Å². The Morgan fingerprint density at radius 1 is 1.00 bits per heavy atom. The topological polar surface area (TPSA) is 27.8 Å². The van der Waals surface area contributed by atoms with Crippen molar-refractivity contribution in [2.24, 2.45) is 0 Å². The second-order valence-corrected chi connectivity index (χ2v) is 6.01. The van der Waals surface area contributed by atoms with E-state index in [1.165, 1.54) is 10.9 Å². The quantitative estimate of drug-likeness (QED) is 0.655. The molecule has 2 heterocycles. The summed E-state index contributed by atoms with van der Waals surface area (Å²) in [6.45, 7) is 0.845. The van der Waals surface area contributed by atoms with Crippen LogP contribution in [0.25, 0.3) is 22.2 Å². The van der Waals surface area contributed by atoms with Gasteiger partial charge in [-0.05, 0) is 24.1 Å². The van der Waals surface area contributed by atoms with Gasteiger partial charge in [0, 0.05) is 33.6 Å². The fourth-order valence-electron chi connectivity index (χ4n) is 3.05. The van der Waals surface area contributed by atoms with Crippen LogP contribution in [0, 0.1) is 0 Å². The average Bonchev–Trinajstić information content (AvgIpc) is 2.77. The maximum absolute atomic E-state index is 6.38. The molecule has 0 aliphatic carbocycles. The number of halogens is 1. The Bertz CT molecular complexity index is 866. The zero-order valence-corrected chi connectivity index (χ0v) is 12.8. The number of aromatic amines is 1. The number of aromatic nitrogens is 1. The van der Waals surface area contributed by atoms with Crippen LogP contribution in [-0.4, -0.2) is 16.5 Å². The molecule has 1 aliphatic heterocycles. The summed E-state index contributed by atoms with van der Waals surface area (Å²) in [7, 11) is 0. The molecule has 4 rings (SSSR count). The first-order valence-corrected chi connectivity index (χ1v) is 7.71. The lowest BCUT2D eigenvalue weighted by atomic mass is 10.0. The minimum atomic E-state index is 0.765. The number of benzene rings is 2. The predicted molar refractivity (Wildman–Crippen MR) is 92.2 cm³/mol. The normalized spacial score (nSPS) is 14.0. The minimum Gasteiger partial charge on any atom is -0.375 e. The van der Waals surface area contributed by atoms with E-state index in [1.54, 1.807) is 0 Å². The standard InChI is InChI=1S/C17H13ClN2S/c18-13-6-2-1-4-10(13)16-11-8-9-19-17(21)12-5-3-7-14(20-16)15(11)12/h1-7,20H,8-9H2,(H,19,21). The van der Waals surface area contributed by atoms with E-state index in [0.717, 1.165) is 45.3 Å². The van der Waals surface area contributed by atoms with Crippen molar-refractivity contribution in [1.82, 2.24) is 10.3 Å². The molecule has 1 aliphatic rings. The lowest BCUT2D eigenvalue weighted by molar-refractivity contribution is 0.889. The van der Waals surface area contributed by atoms with Crippen molar-refractivity contribution < 1.29 is 0 Å². The van der Waals surface area contributed by atoms with Gasteiger partial charge in [-0.1, -0.05) is 54.2 Å². The van der Waals surface area contributed by atoms with E-state index >= 15 is 0 Å². The van der Waals surface area contributed by atoms with Crippen LogP contribution in [0.2, 0.25) is 5.02 Å². The van der Waals surface area contributed by atoms with Gasteiger partial charge < -0.3 is 10.3 Å². The molecule has 0 bridgehead atoms. The summed E-state index contributed by atoms with van der Waals surface area (Å²) in [6.07, 6.45) is 0.928. The van der Waals surface area contributed by atoms with Gasteiger partial charge in [-0.15, -0.1) is 0 Å². The van der Waals surface area contributed by atoms with Crippen molar-refractivity contribution in [2.45, 2.75) is 6.42 Å². The van der Waals surface area contributed by atoms with Crippen molar-refractivity contribution in [1.29, 1.82) is 0 Å². The van der Waals surface area contributed by atoms with Gasteiger partial charge in [0.05, 0.1) is 5.69 Å². The summed E-state index contributed by atoms with van der Waals surface area (Å²) < 4.78 is 0. The second kappa shape index (κ2) is 4.86. The smallest absolute Gasteiger partial charge is 0.107 e. The molecular formula is C17H13ClN2S. The van der Waals surface area contributed by atoms with E-state index in [0.29, 0.717) is 0 Å². The maximum atomic E-state index is 6.38. The molecule has 0 amide bonds. The van der Waals surface area contributed by atoms with Gasteiger partial charge in [0.2, 0.25) is 0 Å². The Morgan fingerprint density at radius 3 is 2.67 bits per heavy atom. The molecule has 2 N–H and O–H groups in total. The number of rotatable bonds is 1. The first-order chi connectivity index (χ1) is 10.3. The molecule has 21 heavy (non-hydrogen) atoms. The van der Waals surface area contributed by atoms with E-state index in [2.05, 4.69) is 28.5 Å². The molecule has 0 saturated carbocycles. The van der Waals surface area contributed by atoms with E-state index in [4.69, 9.17) is 23.8 Å². The van der Waals surface area contributed by atoms with Gasteiger partial charge in [0.1, 0.15) is 4.99 Å². The second-order valence-electron chi connectivity index (χ2n) is 5.19. The van der Waals surface area contributed by atoms with Gasteiger partial charge in [-0.2, -0.15) is 0 Å². The van der Waals surface area contributed by atoms with Crippen LogP contribution in [0.15, 0.2) is 42.5 Å². The highest BCUT2D eigenvalue weighted by Crippen LogP contribution is 2.36. The summed E-state index contributed by atoms with van der Waals surface area (Å²) in [5, 5.41) is 5.31. The van der Waals surface area contributed by atoms with E-state index in [1.807, 2.05) is 24.3 Å². The maximum Gasteiger partial charge on any atom is 0.107 e. The highest BCUT2D eigenvalue weighted by molar-refractivity contribution is 7.80. The molecule has 0 atom stereocenters. The first kappa shape index (κ1) is 12.9. The van der Waals surface area contributed by atoms with E-state index in [-0.39, 0.29) is 0 Å². The SMILES string of the molecule is S=C1NCCc2c(-c3ccccc3Cl)[nH]c3cccc1c23. The Kier molecular flexibility index (Phi) is 2.98. The first-order valence-electron chi connectivity index (χ1n) is 6.92. The lowest BCUT2D eigenvalue weighted by Crippen LogP contribution is -2.22. The van der Waals surface area contributed by atoms with Crippen molar-refractivity contribution in [3.05, 3.63) is 58.6 Å². The molecule has 3 aromatic rings. The van der Waals surface area contributed by atoms with Crippen molar-refractivity contribution in [3.63, 3.8) is 0 Å². The summed E-state index contributed by atoms with van der Waals surface area (Å²) >= 11 is 11.9. The number of H-pyrrole nitrogens is 1. The van der Waals surface area contributed by atoms with Crippen LogP contribution in [-0.2, 0) is 6.42 Å². The highest BCUT2D eigenvalue weighted by Gasteiger charge is 2.21. The zero-order chi connectivity index (χ0) is 14.4. The molecular weight excluding hydrogens is 300 g/mol. The molecule has 0 radical (unpaired) electrons. The van der Waals surface area contributed by atoms with Crippen LogP contribution in [0.5, 0.6) is 0 Å². The van der Waals surface area contributed by atoms with Gasteiger partial charge >= 0.3 is 0 Å². The van der Waals surface area contributed by atoms with E-state index < -0.39 is 0 Å². The fraction of sp³-hybridized carbons (Fsp3) is 0.118. The third-order valence-electron chi connectivity index (χ3n) is 3.98.